The fourth-order valence-electron chi connectivity index (χ4n) is 1.42. The molecule has 0 spiro atoms. The van der Waals surface area contributed by atoms with Crippen molar-refractivity contribution in [2.75, 3.05) is 0 Å². The van der Waals surface area contributed by atoms with E-state index in [1.807, 2.05) is 4.68 Å². The number of hydrogen-bond acceptors (Lipinski definition) is 1. The first kappa shape index (κ1) is 9.51. The van der Waals surface area contributed by atoms with Crippen LogP contribution in [0.1, 0.15) is 12.6 Å². The number of aryl methyl sites for hydroxylation is 2. The molecule has 0 atom stereocenters. The fourth-order valence-corrected chi connectivity index (χ4v) is 3.09. The molecule has 0 unspecified atom stereocenters. The monoisotopic (exact) mass is 182 g/mol. The minimum Gasteiger partial charge on any atom is -0.273 e. The maximum atomic E-state index is 4.45. The molecule has 3 heteroatoms. The second-order valence-electron chi connectivity index (χ2n) is 4.23. The van der Waals surface area contributed by atoms with E-state index < -0.39 is 8.07 Å². The summed E-state index contributed by atoms with van der Waals surface area (Å²) in [5.74, 6) is 0. The van der Waals surface area contributed by atoms with Gasteiger partial charge < -0.3 is 0 Å². The lowest BCUT2D eigenvalue weighted by molar-refractivity contribution is 0.653. The van der Waals surface area contributed by atoms with Crippen LogP contribution in [0.15, 0.2) is 6.20 Å². The van der Waals surface area contributed by atoms with Crippen LogP contribution in [0.25, 0.3) is 0 Å². The largest absolute Gasteiger partial charge is 0.273 e. The van der Waals surface area contributed by atoms with E-state index in [-0.39, 0.29) is 0 Å². The predicted octanol–water partition coefficient (Wildman–Crippen LogP) is 1.76. The van der Waals surface area contributed by atoms with E-state index >= 15 is 0 Å². The molecule has 1 aromatic rings. The van der Waals surface area contributed by atoms with E-state index in [0.717, 1.165) is 6.54 Å². The molecule has 0 saturated heterocycles. The van der Waals surface area contributed by atoms with Crippen LogP contribution in [0.3, 0.4) is 0 Å². The van der Waals surface area contributed by atoms with Gasteiger partial charge in [0.2, 0.25) is 0 Å². The Bertz CT molecular complexity index is 271. The average Bonchev–Trinajstić information content (AvgIpc) is 2.29. The average molecular weight is 182 g/mol. The molecular weight excluding hydrogens is 164 g/mol. The van der Waals surface area contributed by atoms with Gasteiger partial charge in [-0.3, -0.25) is 4.68 Å². The molecule has 2 nitrogen and oxygen atoms in total. The Morgan fingerprint density at radius 3 is 2.25 bits per heavy atom. The molecule has 1 aromatic heterocycles. The van der Waals surface area contributed by atoms with Crippen LogP contribution in [-0.4, -0.2) is 17.9 Å². The van der Waals surface area contributed by atoms with Crippen molar-refractivity contribution in [2.24, 2.45) is 0 Å². The standard InChI is InChI=1S/C9H18N2Si/c1-6-11-7-9(8(2)10-11)12(3,4)5/h7H,6H2,1-5H3. The number of rotatable bonds is 2. The molecule has 68 valence electrons. The van der Waals surface area contributed by atoms with E-state index in [1.54, 1.807) is 0 Å². The van der Waals surface area contributed by atoms with Crippen LogP contribution >= 0.6 is 0 Å². The molecule has 0 N–H and O–H groups in total. The number of aromatic nitrogens is 2. The molecule has 1 rings (SSSR count). The van der Waals surface area contributed by atoms with Gasteiger partial charge >= 0.3 is 0 Å². The minimum absolute atomic E-state index is 0.977. The Morgan fingerprint density at radius 2 is 2.00 bits per heavy atom. The van der Waals surface area contributed by atoms with Crippen LogP contribution in [0.4, 0.5) is 0 Å². The van der Waals surface area contributed by atoms with Crippen molar-refractivity contribution < 1.29 is 0 Å². The van der Waals surface area contributed by atoms with Crippen molar-refractivity contribution >= 4 is 13.3 Å². The molecule has 0 saturated carbocycles. The zero-order valence-electron chi connectivity index (χ0n) is 8.68. The molecule has 0 aromatic carbocycles. The topological polar surface area (TPSA) is 17.8 Å². The molecule has 0 bridgehead atoms. The van der Waals surface area contributed by atoms with E-state index in [2.05, 4.69) is 44.8 Å². The molecular formula is C9H18N2Si. The van der Waals surface area contributed by atoms with Gasteiger partial charge in [0.05, 0.1) is 13.8 Å². The van der Waals surface area contributed by atoms with Crippen molar-refractivity contribution in [1.29, 1.82) is 0 Å². The fraction of sp³-hybridized carbons (Fsp3) is 0.667. The lowest BCUT2D eigenvalue weighted by atomic mass is 10.5. The highest BCUT2D eigenvalue weighted by Gasteiger charge is 2.20. The summed E-state index contributed by atoms with van der Waals surface area (Å²) in [6.45, 7) is 12.3. The molecule has 12 heavy (non-hydrogen) atoms. The summed E-state index contributed by atoms with van der Waals surface area (Å²) < 4.78 is 2.03. The molecule has 0 amide bonds. The Hall–Kier alpha value is -0.573. The van der Waals surface area contributed by atoms with Crippen LogP contribution in [0.5, 0.6) is 0 Å². The second kappa shape index (κ2) is 3.05. The highest BCUT2D eigenvalue weighted by molar-refractivity contribution is 6.88. The molecule has 0 aliphatic carbocycles. The zero-order chi connectivity index (χ0) is 9.35. The van der Waals surface area contributed by atoms with Gasteiger partial charge in [-0.2, -0.15) is 5.10 Å². The number of hydrogen-bond donors (Lipinski definition) is 0. The maximum Gasteiger partial charge on any atom is 0.0820 e. The van der Waals surface area contributed by atoms with Gasteiger partial charge in [0.25, 0.3) is 0 Å². The third-order valence-electron chi connectivity index (χ3n) is 2.08. The quantitative estimate of drug-likeness (QED) is 0.637. The summed E-state index contributed by atoms with van der Waals surface area (Å²) in [6.07, 6.45) is 2.21. The van der Waals surface area contributed by atoms with Gasteiger partial charge in [-0.1, -0.05) is 19.6 Å². The lowest BCUT2D eigenvalue weighted by Crippen LogP contribution is -2.38. The number of nitrogens with zero attached hydrogens (tertiary/aromatic N) is 2. The summed E-state index contributed by atoms with van der Waals surface area (Å²) in [5.41, 5.74) is 1.22. The van der Waals surface area contributed by atoms with E-state index in [9.17, 15) is 0 Å². The minimum atomic E-state index is -1.16. The Labute approximate surface area is 75.6 Å². The first-order chi connectivity index (χ1) is 5.45. The normalized spacial score (nSPS) is 12.1. The van der Waals surface area contributed by atoms with Gasteiger partial charge in [-0.25, -0.2) is 0 Å². The Balaban J connectivity index is 3.08. The van der Waals surface area contributed by atoms with Gasteiger partial charge in [-0.15, -0.1) is 0 Å². The van der Waals surface area contributed by atoms with Crippen molar-refractivity contribution in [1.82, 2.24) is 9.78 Å². The van der Waals surface area contributed by atoms with Crippen LogP contribution in [-0.2, 0) is 6.54 Å². The summed E-state index contributed by atoms with van der Waals surface area (Å²) in [7, 11) is -1.16. The van der Waals surface area contributed by atoms with Crippen molar-refractivity contribution in [3.05, 3.63) is 11.9 Å². The van der Waals surface area contributed by atoms with E-state index in [4.69, 9.17) is 0 Å². The lowest BCUT2D eigenvalue weighted by Gasteiger charge is -2.13. The first-order valence-electron chi connectivity index (χ1n) is 4.49. The van der Waals surface area contributed by atoms with Crippen LogP contribution in [0.2, 0.25) is 19.6 Å². The van der Waals surface area contributed by atoms with Crippen molar-refractivity contribution in [2.45, 2.75) is 40.0 Å². The Morgan fingerprint density at radius 1 is 1.42 bits per heavy atom. The summed E-state index contributed by atoms with van der Waals surface area (Å²) in [6, 6.07) is 0. The van der Waals surface area contributed by atoms with Crippen molar-refractivity contribution in [3.63, 3.8) is 0 Å². The van der Waals surface area contributed by atoms with E-state index in [0.29, 0.717) is 0 Å². The summed E-state index contributed by atoms with van der Waals surface area (Å²) in [4.78, 5) is 0. The van der Waals surface area contributed by atoms with Gasteiger partial charge in [0, 0.05) is 12.7 Å². The highest BCUT2D eigenvalue weighted by Crippen LogP contribution is 2.04. The van der Waals surface area contributed by atoms with Gasteiger partial charge in [0.15, 0.2) is 0 Å². The van der Waals surface area contributed by atoms with Crippen LogP contribution in [0, 0.1) is 6.92 Å². The zero-order valence-corrected chi connectivity index (χ0v) is 9.68. The molecule has 1 heterocycles. The Kier molecular flexibility index (Phi) is 2.42. The predicted molar refractivity (Wildman–Crippen MR) is 55.6 cm³/mol. The second-order valence-corrected chi connectivity index (χ2v) is 9.27. The summed E-state index contributed by atoms with van der Waals surface area (Å²) >= 11 is 0. The molecule has 0 aliphatic heterocycles. The van der Waals surface area contributed by atoms with Crippen molar-refractivity contribution in [3.8, 4) is 0 Å². The molecule has 0 radical (unpaired) electrons. The van der Waals surface area contributed by atoms with Crippen LogP contribution < -0.4 is 5.19 Å². The van der Waals surface area contributed by atoms with Gasteiger partial charge in [0.1, 0.15) is 0 Å². The molecule has 0 fully saturated rings. The molecule has 0 aliphatic rings. The highest BCUT2D eigenvalue weighted by atomic mass is 28.3. The third-order valence-corrected chi connectivity index (χ3v) is 4.19. The SMILES string of the molecule is CCn1cc([Si](C)(C)C)c(C)n1. The first-order valence-corrected chi connectivity index (χ1v) is 7.99. The smallest absolute Gasteiger partial charge is 0.0820 e. The summed E-state index contributed by atoms with van der Waals surface area (Å²) in [5, 5.41) is 5.94. The van der Waals surface area contributed by atoms with Gasteiger partial charge in [-0.05, 0) is 19.0 Å². The van der Waals surface area contributed by atoms with E-state index in [1.165, 1.54) is 10.9 Å². The third kappa shape index (κ3) is 1.77. The maximum absolute atomic E-state index is 4.45.